The van der Waals surface area contributed by atoms with Crippen molar-refractivity contribution in [2.45, 2.75) is 26.7 Å². The van der Waals surface area contributed by atoms with E-state index in [1.54, 1.807) is 12.4 Å². The first-order valence-electron chi connectivity index (χ1n) is 7.94. The number of anilines is 1. The van der Waals surface area contributed by atoms with Gasteiger partial charge in [-0.15, -0.1) is 0 Å². The van der Waals surface area contributed by atoms with Crippen LogP contribution >= 0.6 is 24.0 Å². The Hall–Kier alpha value is -1.99. The Morgan fingerprint density at radius 3 is 2.80 bits per heavy atom. The van der Waals surface area contributed by atoms with Crippen molar-refractivity contribution in [2.75, 3.05) is 11.1 Å². The number of pyridine rings is 1. The number of hydrogen-bond acceptors (Lipinski definition) is 3. The summed E-state index contributed by atoms with van der Waals surface area (Å²) in [4.78, 5) is 8.31. The van der Waals surface area contributed by atoms with E-state index in [4.69, 9.17) is 18.0 Å². The van der Waals surface area contributed by atoms with E-state index in [1.807, 2.05) is 32.9 Å². The number of aliphatic imine (C=N–C) groups is 1. The van der Waals surface area contributed by atoms with Crippen LogP contribution in [0.5, 0.6) is 0 Å². The molecule has 2 rings (SSSR count). The molecule has 0 radical (unpaired) electrons. The summed E-state index contributed by atoms with van der Waals surface area (Å²) in [5, 5.41) is 3.78. The number of nitrogens with zero attached hydrogens (tertiary/aromatic N) is 2. The number of halogens is 1. The van der Waals surface area contributed by atoms with E-state index in [0.29, 0.717) is 10.7 Å². The maximum atomic E-state index is 14.2. The van der Waals surface area contributed by atoms with Crippen molar-refractivity contribution in [3.63, 3.8) is 0 Å². The fraction of sp³-hybridized carbons (Fsp3) is 0.278. The summed E-state index contributed by atoms with van der Waals surface area (Å²) in [5.41, 5.74) is 8.86. The van der Waals surface area contributed by atoms with Gasteiger partial charge in [-0.2, -0.15) is 4.99 Å². The van der Waals surface area contributed by atoms with Crippen LogP contribution in [-0.2, 0) is 0 Å². The van der Waals surface area contributed by atoms with E-state index in [9.17, 15) is 4.39 Å². The van der Waals surface area contributed by atoms with E-state index < -0.39 is 0 Å². The van der Waals surface area contributed by atoms with Crippen molar-refractivity contribution >= 4 is 39.9 Å². The van der Waals surface area contributed by atoms with Crippen LogP contribution in [0.2, 0.25) is 0 Å². The third-order valence-electron chi connectivity index (χ3n) is 3.46. The van der Waals surface area contributed by atoms with E-state index in [-0.39, 0.29) is 16.8 Å². The molecule has 25 heavy (non-hydrogen) atoms. The summed E-state index contributed by atoms with van der Waals surface area (Å²) < 4.78 is 14.2. The predicted octanol–water partition coefficient (Wildman–Crippen LogP) is 4.78. The van der Waals surface area contributed by atoms with Gasteiger partial charge in [0.2, 0.25) is 0 Å². The predicted molar refractivity (Wildman–Crippen MR) is 110 cm³/mol. The standard InChI is InChI=1S/C18H21FN4S2/c1-4-25-17(20)23-18(24)22-16-14(11(2)3)8-13(19)9-15(16)12-6-5-7-21-10-12/h5-11H,4H2,1-3H3,(H3,20,22,23,24). The van der Waals surface area contributed by atoms with Crippen LogP contribution in [0.25, 0.3) is 11.1 Å². The van der Waals surface area contributed by atoms with Gasteiger partial charge in [-0.1, -0.05) is 38.6 Å². The lowest BCUT2D eigenvalue weighted by atomic mass is 9.94. The van der Waals surface area contributed by atoms with Crippen molar-refractivity contribution in [3.8, 4) is 11.1 Å². The summed E-state index contributed by atoms with van der Waals surface area (Å²) in [6.45, 7) is 5.99. The second-order valence-electron chi connectivity index (χ2n) is 5.63. The van der Waals surface area contributed by atoms with Crippen molar-refractivity contribution in [1.82, 2.24) is 4.98 Å². The minimum atomic E-state index is -0.302. The average Bonchev–Trinajstić information content (AvgIpc) is 2.56. The van der Waals surface area contributed by atoms with Crippen LogP contribution in [-0.4, -0.2) is 21.0 Å². The number of nitrogens with one attached hydrogen (secondary N) is 1. The minimum Gasteiger partial charge on any atom is -0.378 e. The molecule has 0 spiro atoms. The van der Waals surface area contributed by atoms with Crippen molar-refractivity contribution < 1.29 is 4.39 Å². The molecule has 0 aliphatic carbocycles. The molecule has 3 N–H and O–H groups in total. The van der Waals surface area contributed by atoms with Gasteiger partial charge in [0.25, 0.3) is 0 Å². The lowest BCUT2D eigenvalue weighted by Crippen LogP contribution is -2.16. The summed E-state index contributed by atoms with van der Waals surface area (Å²) in [5.74, 6) is 0.610. The molecule has 0 aliphatic heterocycles. The zero-order valence-corrected chi connectivity index (χ0v) is 16.0. The highest BCUT2D eigenvalue weighted by Gasteiger charge is 2.16. The lowest BCUT2D eigenvalue weighted by molar-refractivity contribution is 0.624. The first kappa shape index (κ1) is 19.3. The molecule has 0 atom stereocenters. The quantitative estimate of drug-likeness (QED) is 0.457. The molecule has 0 fully saturated rings. The van der Waals surface area contributed by atoms with Crippen LogP contribution in [0.3, 0.4) is 0 Å². The molecule has 0 saturated carbocycles. The Labute approximate surface area is 157 Å². The third-order valence-corrected chi connectivity index (χ3v) is 4.33. The Kier molecular flexibility index (Phi) is 6.90. The van der Waals surface area contributed by atoms with Gasteiger partial charge < -0.3 is 11.1 Å². The molecule has 0 saturated heterocycles. The SMILES string of the molecule is CCSC(N)=NC(=S)Nc1c(-c2cccnc2)cc(F)cc1C(C)C. The Morgan fingerprint density at radius 2 is 2.20 bits per heavy atom. The molecule has 0 bridgehead atoms. The normalized spacial score (nSPS) is 11.6. The molecule has 4 nitrogen and oxygen atoms in total. The Morgan fingerprint density at radius 1 is 1.44 bits per heavy atom. The number of amidine groups is 1. The molecule has 7 heteroatoms. The Balaban J connectivity index is 2.50. The zero-order valence-electron chi connectivity index (χ0n) is 14.4. The van der Waals surface area contributed by atoms with Gasteiger partial charge in [0, 0.05) is 23.5 Å². The fourth-order valence-corrected chi connectivity index (χ4v) is 3.10. The monoisotopic (exact) mass is 376 g/mol. The molecule has 0 aliphatic rings. The van der Waals surface area contributed by atoms with Crippen LogP contribution in [0.15, 0.2) is 41.7 Å². The topological polar surface area (TPSA) is 63.3 Å². The largest absolute Gasteiger partial charge is 0.378 e. The number of thiocarbonyl (C=S) groups is 1. The average molecular weight is 377 g/mol. The molecule has 1 heterocycles. The minimum absolute atomic E-state index is 0.0998. The van der Waals surface area contributed by atoms with Gasteiger partial charge >= 0.3 is 0 Å². The van der Waals surface area contributed by atoms with Crippen molar-refractivity contribution in [1.29, 1.82) is 0 Å². The lowest BCUT2D eigenvalue weighted by Gasteiger charge is -2.19. The second kappa shape index (κ2) is 8.92. The van der Waals surface area contributed by atoms with E-state index in [1.165, 1.54) is 23.9 Å². The van der Waals surface area contributed by atoms with Gasteiger partial charge in [0.15, 0.2) is 10.3 Å². The Bertz CT molecular complexity index is 776. The number of rotatable bonds is 4. The highest BCUT2D eigenvalue weighted by Crippen LogP contribution is 2.35. The maximum Gasteiger partial charge on any atom is 0.199 e. The highest BCUT2D eigenvalue weighted by molar-refractivity contribution is 8.13. The molecular weight excluding hydrogens is 355 g/mol. The van der Waals surface area contributed by atoms with Crippen molar-refractivity contribution in [2.24, 2.45) is 10.7 Å². The molecule has 0 amide bonds. The maximum absolute atomic E-state index is 14.2. The number of thioether (sulfide) groups is 1. The number of aromatic nitrogens is 1. The molecule has 2 aromatic rings. The van der Waals surface area contributed by atoms with Gasteiger partial charge in [-0.25, -0.2) is 4.39 Å². The molecular formula is C18H21FN4S2. The highest BCUT2D eigenvalue weighted by atomic mass is 32.2. The van der Waals surface area contributed by atoms with E-state index in [2.05, 4.69) is 15.3 Å². The summed E-state index contributed by atoms with van der Waals surface area (Å²) in [6.07, 6.45) is 3.37. The molecule has 132 valence electrons. The smallest absolute Gasteiger partial charge is 0.199 e. The zero-order chi connectivity index (χ0) is 18.4. The number of hydrogen-bond donors (Lipinski definition) is 2. The van der Waals surface area contributed by atoms with E-state index >= 15 is 0 Å². The summed E-state index contributed by atoms with van der Waals surface area (Å²) in [7, 11) is 0. The van der Waals surface area contributed by atoms with Gasteiger partial charge in [-0.3, -0.25) is 4.98 Å². The van der Waals surface area contributed by atoms with Crippen LogP contribution in [0.1, 0.15) is 32.3 Å². The number of nitrogens with two attached hydrogens (primary N) is 1. The van der Waals surface area contributed by atoms with Crippen LogP contribution < -0.4 is 11.1 Å². The van der Waals surface area contributed by atoms with Gasteiger partial charge in [-0.05, 0) is 47.7 Å². The summed E-state index contributed by atoms with van der Waals surface area (Å²) >= 11 is 6.73. The first-order chi connectivity index (χ1) is 11.9. The molecule has 0 unspecified atom stereocenters. The van der Waals surface area contributed by atoms with Gasteiger partial charge in [0.1, 0.15) is 5.82 Å². The molecule has 1 aromatic heterocycles. The van der Waals surface area contributed by atoms with E-state index in [0.717, 1.165) is 22.6 Å². The van der Waals surface area contributed by atoms with Crippen LogP contribution in [0.4, 0.5) is 10.1 Å². The fourth-order valence-electron chi connectivity index (χ4n) is 2.39. The summed E-state index contributed by atoms with van der Waals surface area (Å²) in [6, 6.07) is 6.68. The third kappa shape index (κ3) is 5.24. The van der Waals surface area contributed by atoms with Crippen molar-refractivity contribution in [3.05, 3.63) is 48.0 Å². The molecule has 1 aromatic carbocycles. The first-order valence-corrected chi connectivity index (χ1v) is 9.33. The second-order valence-corrected chi connectivity index (χ2v) is 7.30. The number of benzene rings is 1. The van der Waals surface area contributed by atoms with Gasteiger partial charge in [0.05, 0.1) is 5.69 Å². The van der Waals surface area contributed by atoms with Crippen LogP contribution in [0, 0.1) is 5.82 Å².